The summed E-state index contributed by atoms with van der Waals surface area (Å²) in [5, 5.41) is 7.01. The molecule has 0 fully saturated rings. The second kappa shape index (κ2) is 7.93. The van der Waals surface area contributed by atoms with Crippen LogP contribution in [0.5, 0.6) is 5.75 Å². The van der Waals surface area contributed by atoms with Crippen molar-refractivity contribution in [3.8, 4) is 5.75 Å². The predicted molar refractivity (Wildman–Crippen MR) is 98.5 cm³/mol. The van der Waals surface area contributed by atoms with E-state index in [-0.39, 0.29) is 34.3 Å². The molecule has 0 radical (unpaired) electrons. The molecular formula is C16H22Cl2N4O3. The predicted octanol–water partition coefficient (Wildman–Crippen LogP) is 3.52. The van der Waals surface area contributed by atoms with E-state index in [9.17, 15) is 4.79 Å². The number of methoxy groups -OCH3 is 1. The molecule has 0 spiro atoms. The van der Waals surface area contributed by atoms with Crippen LogP contribution in [0.1, 0.15) is 55.8 Å². The molecule has 9 heteroatoms. The Balaban J connectivity index is 0.00000312. The summed E-state index contributed by atoms with van der Waals surface area (Å²) in [7, 11) is 1.45. The number of halogens is 2. The summed E-state index contributed by atoms with van der Waals surface area (Å²) in [4.78, 5) is 16.8. The molecule has 2 rings (SSSR count). The Kier molecular flexibility index (Phi) is 6.68. The third-order valence-corrected chi connectivity index (χ3v) is 3.72. The molecule has 25 heavy (non-hydrogen) atoms. The van der Waals surface area contributed by atoms with Gasteiger partial charge in [0.1, 0.15) is 11.8 Å². The quantitative estimate of drug-likeness (QED) is 0.776. The van der Waals surface area contributed by atoms with E-state index < -0.39 is 6.04 Å². The first kappa shape index (κ1) is 21.1. The van der Waals surface area contributed by atoms with Crippen molar-refractivity contribution < 1.29 is 14.1 Å². The summed E-state index contributed by atoms with van der Waals surface area (Å²) < 4.78 is 10.4. The molecule has 1 amide bonds. The minimum atomic E-state index is -0.470. The molecule has 3 N–H and O–H groups in total. The van der Waals surface area contributed by atoms with Crippen LogP contribution in [0.4, 0.5) is 5.69 Å². The molecule has 7 nitrogen and oxygen atoms in total. The summed E-state index contributed by atoms with van der Waals surface area (Å²) in [6.07, 6.45) is 0. The molecule has 1 heterocycles. The number of nitrogens with zero attached hydrogens (tertiary/aromatic N) is 2. The number of nitrogens with two attached hydrogens (primary N) is 1. The number of ether oxygens (including phenoxy) is 1. The Hall–Kier alpha value is -1.99. The molecule has 0 saturated heterocycles. The van der Waals surface area contributed by atoms with Crippen LogP contribution in [0.2, 0.25) is 5.02 Å². The van der Waals surface area contributed by atoms with Gasteiger partial charge in [0.2, 0.25) is 5.89 Å². The maximum absolute atomic E-state index is 12.5. The van der Waals surface area contributed by atoms with Crippen LogP contribution >= 0.6 is 24.0 Å². The van der Waals surface area contributed by atoms with E-state index in [1.165, 1.54) is 19.2 Å². The van der Waals surface area contributed by atoms with Gasteiger partial charge in [-0.15, -0.1) is 12.4 Å². The van der Waals surface area contributed by atoms with Crippen LogP contribution in [0.15, 0.2) is 16.7 Å². The van der Waals surface area contributed by atoms with E-state index in [1.54, 1.807) is 6.92 Å². The third kappa shape index (κ3) is 4.76. The lowest BCUT2D eigenvalue weighted by molar-refractivity contribution is 0.0929. The van der Waals surface area contributed by atoms with Gasteiger partial charge in [0, 0.05) is 11.5 Å². The minimum absolute atomic E-state index is 0. The lowest BCUT2D eigenvalue weighted by Crippen LogP contribution is -2.27. The van der Waals surface area contributed by atoms with Gasteiger partial charge in [-0.2, -0.15) is 4.98 Å². The number of amides is 1. The van der Waals surface area contributed by atoms with Gasteiger partial charge >= 0.3 is 0 Å². The molecule has 1 unspecified atom stereocenters. The average Bonchev–Trinajstić information content (AvgIpc) is 2.99. The number of aromatic nitrogens is 2. The van der Waals surface area contributed by atoms with Crippen molar-refractivity contribution >= 4 is 35.6 Å². The Morgan fingerprint density at radius 1 is 1.40 bits per heavy atom. The molecule has 1 aromatic heterocycles. The first-order chi connectivity index (χ1) is 11.1. The number of anilines is 1. The first-order valence-electron chi connectivity index (χ1n) is 7.41. The SMILES string of the molecule is COc1cc(N)c(Cl)cc1C(=O)NC(C)c1nc(C(C)(C)C)no1.Cl. The highest BCUT2D eigenvalue weighted by atomic mass is 35.5. The first-order valence-corrected chi connectivity index (χ1v) is 7.79. The fourth-order valence-corrected chi connectivity index (χ4v) is 2.13. The van der Waals surface area contributed by atoms with E-state index >= 15 is 0 Å². The summed E-state index contributed by atoms with van der Waals surface area (Å²) in [5.41, 5.74) is 6.10. The lowest BCUT2D eigenvalue weighted by atomic mass is 9.96. The van der Waals surface area contributed by atoms with E-state index in [4.69, 9.17) is 26.6 Å². The lowest BCUT2D eigenvalue weighted by Gasteiger charge is -2.14. The highest BCUT2D eigenvalue weighted by Crippen LogP contribution is 2.29. The Labute approximate surface area is 157 Å². The van der Waals surface area contributed by atoms with E-state index in [1.807, 2.05) is 20.8 Å². The number of nitrogens with one attached hydrogen (secondary N) is 1. The van der Waals surface area contributed by atoms with Crippen molar-refractivity contribution in [1.29, 1.82) is 0 Å². The molecule has 1 aromatic carbocycles. The normalized spacial score (nSPS) is 12.2. The van der Waals surface area contributed by atoms with Gasteiger partial charge in [-0.3, -0.25) is 4.79 Å². The number of nitrogen functional groups attached to an aromatic ring is 1. The van der Waals surface area contributed by atoms with Crippen LogP contribution in [-0.2, 0) is 5.41 Å². The maximum Gasteiger partial charge on any atom is 0.255 e. The number of benzene rings is 1. The van der Waals surface area contributed by atoms with Gasteiger partial charge in [-0.25, -0.2) is 0 Å². The summed E-state index contributed by atoms with van der Waals surface area (Å²) in [6, 6.07) is 2.50. The monoisotopic (exact) mass is 388 g/mol. The fraction of sp³-hybridized carbons (Fsp3) is 0.438. The Bertz CT molecular complexity index is 756. The summed E-state index contributed by atoms with van der Waals surface area (Å²) >= 11 is 5.99. The highest BCUT2D eigenvalue weighted by Gasteiger charge is 2.25. The molecule has 0 aliphatic rings. The second-order valence-corrected chi connectivity index (χ2v) is 6.88. The standard InChI is InChI=1S/C16H21ClN4O3.ClH/c1-8(14-20-15(21-24-14)16(2,3)4)19-13(22)9-6-10(17)11(18)7-12(9)23-5;/h6-8H,18H2,1-5H3,(H,19,22);1H. The van der Waals surface area contributed by atoms with Crippen molar-refractivity contribution in [3.05, 3.63) is 34.4 Å². The molecule has 0 aliphatic carbocycles. The maximum atomic E-state index is 12.5. The van der Waals surface area contributed by atoms with Crippen molar-refractivity contribution in [2.24, 2.45) is 0 Å². The van der Waals surface area contributed by atoms with Crippen LogP contribution < -0.4 is 15.8 Å². The largest absolute Gasteiger partial charge is 0.496 e. The van der Waals surface area contributed by atoms with Gasteiger partial charge in [0.25, 0.3) is 5.91 Å². The van der Waals surface area contributed by atoms with Gasteiger partial charge in [0.05, 0.1) is 23.4 Å². The summed E-state index contributed by atoms with van der Waals surface area (Å²) in [6.45, 7) is 7.69. The van der Waals surface area contributed by atoms with Gasteiger partial charge in [-0.05, 0) is 13.0 Å². The Morgan fingerprint density at radius 2 is 2.04 bits per heavy atom. The van der Waals surface area contributed by atoms with Gasteiger partial charge < -0.3 is 20.3 Å². The zero-order valence-electron chi connectivity index (χ0n) is 14.7. The topological polar surface area (TPSA) is 103 Å². The Morgan fingerprint density at radius 3 is 2.56 bits per heavy atom. The van der Waals surface area contributed by atoms with E-state index in [0.29, 0.717) is 23.2 Å². The van der Waals surface area contributed by atoms with Crippen LogP contribution in [-0.4, -0.2) is 23.2 Å². The minimum Gasteiger partial charge on any atom is -0.496 e. The molecule has 0 aliphatic heterocycles. The van der Waals surface area contributed by atoms with E-state index in [0.717, 1.165) is 0 Å². The van der Waals surface area contributed by atoms with Crippen LogP contribution in [0.3, 0.4) is 0 Å². The molecule has 1 atom stereocenters. The third-order valence-electron chi connectivity index (χ3n) is 3.39. The van der Waals surface area contributed by atoms with Gasteiger partial charge in [0.15, 0.2) is 5.82 Å². The van der Waals surface area contributed by atoms with Crippen molar-refractivity contribution in [1.82, 2.24) is 15.5 Å². The number of hydrogen-bond donors (Lipinski definition) is 2. The van der Waals surface area contributed by atoms with Crippen molar-refractivity contribution in [2.75, 3.05) is 12.8 Å². The average molecular weight is 389 g/mol. The van der Waals surface area contributed by atoms with E-state index in [2.05, 4.69) is 15.5 Å². The number of carbonyl (C=O) groups excluding carboxylic acids is 1. The number of carbonyl (C=O) groups is 1. The highest BCUT2D eigenvalue weighted by molar-refractivity contribution is 6.33. The van der Waals surface area contributed by atoms with Gasteiger partial charge in [-0.1, -0.05) is 37.5 Å². The summed E-state index contributed by atoms with van der Waals surface area (Å²) in [5.74, 6) is 0.861. The second-order valence-electron chi connectivity index (χ2n) is 6.48. The van der Waals surface area contributed by atoms with Crippen molar-refractivity contribution in [2.45, 2.75) is 39.2 Å². The molecular weight excluding hydrogens is 367 g/mol. The zero-order valence-corrected chi connectivity index (χ0v) is 16.3. The zero-order chi connectivity index (χ0) is 18.1. The number of hydrogen-bond acceptors (Lipinski definition) is 6. The van der Waals surface area contributed by atoms with Crippen LogP contribution in [0.25, 0.3) is 0 Å². The molecule has 138 valence electrons. The molecule has 0 bridgehead atoms. The van der Waals surface area contributed by atoms with Crippen molar-refractivity contribution in [3.63, 3.8) is 0 Å². The fourth-order valence-electron chi connectivity index (χ4n) is 1.97. The molecule has 0 saturated carbocycles. The smallest absolute Gasteiger partial charge is 0.255 e. The molecule has 2 aromatic rings. The number of rotatable bonds is 4. The van der Waals surface area contributed by atoms with Crippen LogP contribution in [0, 0.1) is 0 Å².